The lowest BCUT2D eigenvalue weighted by Crippen LogP contribution is -2.06. The number of aromatic amines is 1. The van der Waals surface area contributed by atoms with Gasteiger partial charge in [0.15, 0.2) is 5.43 Å². The van der Waals surface area contributed by atoms with Crippen molar-refractivity contribution in [2.24, 2.45) is 5.18 Å². The number of aromatic nitrogens is 2. The SMILES string of the molecule is COc1cc2c(=O)cc(CN=O)[nH]c2c2ncccc12. The molecular formula is C14H11N3O3. The number of nitrogens with one attached hydrogen (secondary N) is 1. The average Bonchev–Trinajstić information content (AvgIpc) is 2.47. The number of nitroso groups, excluding NO2 is 1. The van der Waals surface area contributed by atoms with E-state index in [9.17, 15) is 9.70 Å². The summed E-state index contributed by atoms with van der Waals surface area (Å²) in [5, 5.41) is 4.08. The van der Waals surface area contributed by atoms with Crippen molar-refractivity contribution in [2.45, 2.75) is 6.54 Å². The van der Waals surface area contributed by atoms with Crippen molar-refractivity contribution in [1.82, 2.24) is 9.97 Å². The van der Waals surface area contributed by atoms with Crippen molar-refractivity contribution < 1.29 is 4.74 Å². The molecule has 0 saturated carbocycles. The summed E-state index contributed by atoms with van der Waals surface area (Å²) in [6.45, 7) is -0.0778. The van der Waals surface area contributed by atoms with E-state index in [1.165, 1.54) is 6.07 Å². The minimum Gasteiger partial charge on any atom is -0.496 e. The number of ether oxygens (including phenoxy) is 1. The molecule has 0 bridgehead atoms. The first-order valence-electron chi connectivity index (χ1n) is 6.01. The Bertz CT molecular complexity index is 871. The Kier molecular flexibility index (Phi) is 2.90. The Morgan fingerprint density at radius 3 is 2.95 bits per heavy atom. The maximum absolute atomic E-state index is 12.1. The van der Waals surface area contributed by atoms with E-state index in [2.05, 4.69) is 15.1 Å². The molecule has 0 unspecified atom stereocenters. The molecule has 0 aliphatic rings. The second-order valence-electron chi connectivity index (χ2n) is 4.35. The second-order valence-corrected chi connectivity index (χ2v) is 4.35. The molecule has 0 amide bonds. The van der Waals surface area contributed by atoms with Crippen molar-refractivity contribution in [3.05, 3.63) is 51.3 Å². The molecule has 0 spiro atoms. The summed E-state index contributed by atoms with van der Waals surface area (Å²) in [7, 11) is 1.55. The molecule has 100 valence electrons. The summed E-state index contributed by atoms with van der Waals surface area (Å²) in [5.74, 6) is 0.590. The lowest BCUT2D eigenvalue weighted by atomic mass is 10.1. The first kappa shape index (κ1) is 12.3. The Balaban J connectivity index is 2.50. The molecule has 0 radical (unpaired) electrons. The number of methoxy groups -OCH3 is 1. The first-order chi connectivity index (χ1) is 9.74. The number of H-pyrrole nitrogens is 1. The molecule has 0 fully saturated rings. The van der Waals surface area contributed by atoms with Gasteiger partial charge in [0.05, 0.1) is 23.5 Å². The van der Waals surface area contributed by atoms with Crippen LogP contribution < -0.4 is 10.2 Å². The number of hydrogen-bond donors (Lipinski definition) is 1. The third kappa shape index (κ3) is 1.82. The van der Waals surface area contributed by atoms with Crippen LogP contribution in [0.2, 0.25) is 0 Å². The zero-order valence-electron chi connectivity index (χ0n) is 10.7. The topological polar surface area (TPSA) is 84.4 Å². The molecule has 0 aliphatic carbocycles. The Morgan fingerprint density at radius 1 is 1.35 bits per heavy atom. The van der Waals surface area contributed by atoms with Gasteiger partial charge in [0.2, 0.25) is 0 Å². The van der Waals surface area contributed by atoms with Crippen LogP contribution in [0.25, 0.3) is 21.8 Å². The van der Waals surface area contributed by atoms with Gasteiger partial charge < -0.3 is 9.72 Å². The predicted molar refractivity (Wildman–Crippen MR) is 75.9 cm³/mol. The molecule has 20 heavy (non-hydrogen) atoms. The van der Waals surface area contributed by atoms with E-state index in [4.69, 9.17) is 4.74 Å². The molecule has 6 heteroatoms. The van der Waals surface area contributed by atoms with Crippen LogP contribution in [0.3, 0.4) is 0 Å². The van der Waals surface area contributed by atoms with E-state index < -0.39 is 0 Å². The van der Waals surface area contributed by atoms with Crippen LogP contribution in [0.15, 0.2) is 40.4 Å². The lowest BCUT2D eigenvalue weighted by molar-refractivity contribution is 0.420. The Morgan fingerprint density at radius 2 is 2.20 bits per heavy atom. The molecule has 2 aromatic heterocycles. The van der Waals surface area contributed by atoms with Crippen LogP contribution in [0.5, 0.6) is 5.75 Å². The van der Waals surface area contributed by atoms with Gasteiger partial charge in [0, 0.05) is 23.3 Å². The molecule has 0 atom stereocenters. The highest BCUT2D eigenvalue weighted by molar-refractivity contribution is 6.05. The number of hydrogen-bond acceptors (Lipinski definition) is 5. The fourth-order valence-corrected chi connectivity index (χ4v) is 2.29. The van der Waals surface area contributed by atoms with Gasteiger partial charge in [-0.15, -0.1) is 0 Å². The van der Waals surface area contributed by atoms with Crippen molar-refractivity contribution in [2.75, 3.05) is 7.11 Å². The molecule has 1 aromatic carbocycles. The monoisotopic (exact) mass is 269 g/mol. The molecule has 3 aromatic rings. The van der Waals surface area contributed by atoms with Crippen molar-refractivity contribution >= 4 is 21.8 Å². The smallest absolute Gasteiger partial charge is 0.189 e. The Labute approximate surface area is 113 Å². The number of rotatable bonds is 3. The van der Waals surface area contributed by atoms with Crippen LogP contribution >= 0.6 is 0 Å². The lowest BCUT2D eigenvalue weighted by Gasteiger charge is -2.09. The minimum atomic E-state index is -0.191. The van der Waals surface area contributed by atoms with Crippen LogP contribution in [0.1, 0.15) is 5.69 Å². The highest BCUT2D eigenvalue weighted by Gasteiger charge is 2.11. The summed E-state index contributed by atoms with van der Waals surface area (Å²) >= 11 is 0. The quantitative estimate of drug-likeness (QED) is 0.584. The van der Waals surface area contributed by atoms with Crippen LogP contribution in [-0.2, 0) is 6.54 Å². The predicted octanol–water partition coefficient (Wildman–Crippen LogP) is 2.35. The number of benzene rings is 1. The van der Waals surface area contributed by atoms with Crippen LogP contribution in [0, 0.1) is 4.91 Å². The largest absolute Gasteiger partial charge is 0.496 e. The van der Waals surface area contributed by atoms with Gasteiger partial charge in [-0.05, 0) is 18.2 Å². The van der Waals surface area contributed by atoms with Gasteiger partial charge in [-0.1, -0.05) is 5.18 Å². The fraction of sp³-hybridized carbons (Fsp3) is 0.143. The van der Waals surface area contributed by atoms with E-state index in [0.29, 0.717) is 27.9 Å². The molecule has 3 rings (SSSR count). The van der Waals surface area contributed by atoms with E-state index in [-0.39, 0.29) is 12.0 Å². The minimum absolute atomic E-state index is 0.0778. The zero-order chi connectivity index (χ0) is 14.1. The number of fused-ring (bicyclic) bond motifs is 3. The van der Waals surface area contributed by atoms with E-state index >= 15 is 0 Å². The first-order valence-corrected chi connectivity index (χ1v) is 6.01. The van der Waals surface area contributed by atoms with Gasteiger partial charge in [-0.3, -0.25) is 9.78 Å². The van der Waals surface area contributed by atoms with Gasteiger partial charge in [-0.2, -0.15) is 4.91 Å². The van der Waals surface area contributed by atoms with Crippen molar-refractivity contribution in [3.63, 3.8) is 0 Å². The second kappa shape index (κ2) is 4.73. The normalized spacial score (nSPS) is 10.8. The van der Waals surface area contributed by atoms with E-state index in [1.54, 1.807) is 25.4 Å². The molecule has 0 aliphatic heterocycles. The molecule has 6 nitrogen and oxygen atoms in total. The average molecular weight is 269 g/mol. The maximum Gasteiger partial charge on any atom is 0.189 e. The number of nitrogens with zero attached hydrogens (tertiary/aromatic N) is 2. The summed E-state index contributed by atoms with van der Waals surface area (Å²) < 4.78 is 5.31. The highest BCUT2D eigenvalue weighted by atomic mass is 16.5. The van der Waals surface area contributed by atoms with Crippen LogP contribution in [-0.4, -0.2) is 17.1 Å². The third-order valence-corrected chi connectivity index (χ3v) is 3.17. The van der Waals surface area contributed by atoms with Crippen LogP contribution in [0.4, 0.5) is 0 Å². The fourth-order valence-electron chi connectivity index (χ4n) is 2.29. The highest BCUT2D eigenvalue weighted by Crippen LogP contribution is 2.29. The standard InChI is InChI=1S/C14H11N3O3/c1-20-12-6-10-11(18)5-8(7-16-19)17-14(10)13-9(12)3-2-4-15-13/h2-6H,7H2,1H3,(H,17,18). The molecular weight excluding hydrogens is 258 g/mol. The number of pyridine rings is 2. The van der Waals surface area contributed by atoms with Crippen molar-refractivity contribution in [1.29, 1.82) is 0 Å². The zero-order valence-corrected chi connectivity index (χ0v) is 10.7. The molecule has 1 N–H and O–H groups in total. The summed E-state index contributed by atoms with van der Waals surface area (Å²) in [4.78, 5) is 29.9. The summed E-state index contributed by atoms with van der Waals surface area (Å²) in [6, 6.07) is 6.71. The molecule has 2 heterocycles. The Hall–Kier alpha value is -2.76. The maximum atomic E-state index is 12.1. The van der Waals surface area contributed by atoms with E-state index in [1.807, 2.05) is 6.07 Å². The van der Waals surface area contributed by atoms with Gasteiger partial charge >= 0.3 is 0 Å². The third-order valence-electron chi connectivity index (χ3n) is 3.17. The van der Waals surface area contributed by atoms with Gasteiger partial charge in [0.25, 0.3) is 0 Å². The molecule has 0 saturated heterocycles. The summed E-state index contributed by atoms with van der Waals surface area (Å²) in [5.41, 5.74) is 1.50. The van der Waals surface area contributed by atoms with Crippen molar-refractivity contribution in [3.8, 4) is 5.75 Å². The van der Waals surface area contributed by atoms with E-state index in [0.717, 1.165) is 5.39 Å². The summed E-state index contributed by atoms with van der Waals surface area (Å²) in [6.07, 6.45) is 1.64. The van der Waals surface area contributed by atoms with Gasteiger partial charge in [0.1, 0.15) is 12.3 Å². The van der Waals surface area contributed by atoms with Gasteiger partial charge in [-0.25, -0.2) is 0 Å².